The summed E-state index contributed by atoms with van der Waals surface area (Å²) in [6.45, 7) is 0.912. The second-order valence-electron chi connectivity index (χ2n) is 6.27. The standard InChI is InChI=1S/C21H19N3O3/c1-24(13-15-5-3-2-4-6-15)20-11-16(9-10-22-20)21(25)23-17-7-8-18-19(12-17)27-14-26-18/h2-12H,13-14H2,1H3,(H,23,25). The summed E-state index contributed by atoms with van der Waals surface area (Å²) in [6.07, 6.45) is 1.64. The van der Waals surface area contributed by atoms with E-state index in [1.54, 1.807) is 36.5 Å². The first-order valence-electron chi connectivity index (χ1n) is 8.61. The summed E-state index contributed by atoms with van der Waals surface area (Å²) in [7, 11) is 1.95. The molecule has 3 aromatic rings. The highest BCUT2D eigenvalue weighted by Crippen LogP contribution is 2.34. The van der Waals surface area contributed by atoms with Gasteiger partial charge < -0.3 is 19.7 Å². The van der Waals surface area contributed by atoms with Crippen LogP contribution in [0.1, 0.15) is 15.9 Å². The van der Waals surface area contributed by atoms with Gasteiger partial charge in [0.1, 0.15) is 5.82 Å². The van der Waals surface area contributed by atoms with Crippen molar-refractivity contribution in [2.75, 3.05) is 24.1 Å². The highest BCUT2D eigenvalue weighted by atomic mass is 16.7. The van der Waals surface area contributed by atoms with E-state index in [0.29, 0.717) is 29.3 Å². The van der Waals surface area contributed by atoms with Gasteiger partial charge in [0.25, 0.3) is 5.91 Å². The average Bonchev–Trinajstić information content (AvgIpc) is 3.16. The molecule has 2 aromatic carbocycles. The smallest absolute Gasteiger partial charge is 0.255 e. The number of hydrogen-bond donors (Lipinski definition) is 1. The summed E-state index contributed by atoms with van der Waals surface area (Å²) < 4.78 is 10.6. The first-order chi connectivity index (χ1) is 13.2. The Labute approximate surface area is 157 Å². The van der Waals surface area contributed by atoms with Gasteiger partial charge in [-0.3, -0.25) is 4.79 Å². The number of amides is 1. The molecule has 6 heteroatoms. The van der Waals surface area contributed by atoms with Crippen LogP contribution in [0.2, 0.25) is 0 Å². The van der Waals surface area contributed by atoms with Gasteiger partial charge in [0.15, 0.2) is 11.5 Å². The molecule has 2 heterocycles. The SMILES string of the molecule is CN(Cc1ccccc1)c1cc(C(=O)Nc2ccc3c(c2)OCO3)ccn1. The number of anilines is 2. The van der Waals surface area contributed by atoms with Gasteiger partial charge in [-0.05, 0) is 29.8 Å². The van der Waals surface area contributed by atoms with Gasteiger partial charge in [-0.1, -0.05) is 30.3 Å². The molecule has 1 N–H and O–H groups in total. The Morgan fingerprint density at radius 2 is 1.89 bits per heavy atom. The molecule has 0 saturated heterocycles. The van der Waals surface area contributed by atoms with Gasteiger partial charge in [0.05, 0.1) is 0 Å². The van der Waals surface area contributed by atoms with Crippen LogP contribution >= 0.6 is 0 Å². The fourth-order valence-electron chi connectivity index (χ4n) is 2.88. The van der Waals surface area contributed by atoms with Crippen LogP contribution in [-0.4, -0.2) is 24.7 Å². The Hall–Kier alpha value is -3.54. The predicted molar refractivity (Wildman–Crippen MR) is 103 cm³/mol. The van der Waals surface area contributed by atoms with Crippen LogP contribution in [0.3, 0.4) is 0 Å². The molecule has 1 aliphatic heterocycles. The van der Waals surface area contributed by atoms with E-state index < -0.39 is 0 Å². The van der Waals surface area contributed by atoms with Crippen molar-refractivity contribution in [3.8, 4) is 11.5 Å². The molecule has 0 atom stereocenters. The number of carbonyl (C=O) groups is 1. The average molecular weight is 361 g/mol. The van der Waals surface area contributed by atoms with E-state index in [-0.39, 0.29) is 12.7 Å². The summed E-state index contributed by atoms with van der Waals surface area (Å²) in [6, 6.07) is 18.9. The van der Waals surface area contributed by atoms with Gasteiger partial charge in [0, 0.05) is 37.1 Å². The van der Waals surface area contributed by atoms with Gasteiger partial charge >= 0.3 is 0 Å². The largest absolute Gasteiger partial charge is 0.454 e. The van der Waals surface area contributed by atoms with Crippen molar-refractivity contribution >= 4 is 17.4 Å². The molecular formula is C21H19N3O3. The molecule has 0 unspecified atom stereocenters. The maximum Gasteiger partial charge on any atom is 0.255 e. The number of benzene rings is 2. The highest BCUT2D eigenvalue weighted by Gasteiger charge is 2.15. The van der Waals surface area contributed by atoms with Crippen molar-refractivity contribution in [3.05, 3.63) is 78.0 Å². The van der Waals surface area contributed by atoms with Gasteiger partial charge in [-0.15, -0.1) is 0 Å². The first kappa shape index (κ1) is 16.9. The molecule has 0 radical (unpaired) electrons. The van der Waals surface area contributed by atoms with Crippen molar-refractivity contribution in [2.45, 2.75) is 6.54 Å². The number of nitrogens with one attached hydrogen (secondary N) is 1. The summed E-state index contributed by atoms with van der Waals surface area (Å²) in [5.74, 6) is 1.84. The second kappa shape index (κ2) is 7.37. The Balaban J connectivity index is 1.47. The summed E-state index contributed by atoms with van der Waals surface area (Å²) in [4.78, 5) is 19.0. The highest BCUT2D eigenvalue weighted by molar-refractivity contribution is 6.04. The number of nitrogens with zero attached hydrogens (tertiary/aromatic N) is 2. The fourth-order valence-corrected chi connectivity index (χ4v) is 2.88. The number of hydrogen-bond acceptors (Lipinski definition) is 5. The summed E-state index contributed by atoms with van der Waals surface area (Å²) in [5, 5.41) is 2.88. The molecule has 27 heavy (non-hydrogen) atoms. The number of pyridine rings is 1. The molecular weight excluding hydrogens is 342 g/mol. The van der Waals surface area contributed by atoms with E-state index in [2.05, 4.69) is 22.4 Å². The Bertz CT molecular complexity index is 960. The van der Waals surface area contributed by atoms with Crippen molar-refractivity contribution < 1.29 is 14.3 Å². The van der Waals surface area contributed by atoms with Crippen LogP contribution in [-0.2, 0) is 6.54 Å². The number of aromatic nitrogens is 1. The molecule has 1 amide bonds. The minimum Gasteiger partial charge on any atom is -0.454 e. The lowest BCUT2D eigenvalue weighted by Gasteiger charge is -2.18. The second-order valence-corrected chi connectivity index (χ2v) is 6.27. The molecule has 0 bridgehead atoms. The quantitative estimate of drug-likeness (QED) is 0.751. The molecule has 0 saturated carbocycles. The number of ether oxygens (including phenoxy) is 2. The third-order valence-electron chi connectivity index (χ3n) is 4.29. The summed E-state index contributed by atoms with van der Waals surface area (Å²) >= 11 is 0. The normalized spacial score (nSPS) is 11.9. The zero-order valence-corrected chi connectivity index (χ0v) is 14.9. The van der Waals surface area contributed by atoms with Gasteiger partial charge in [-0.2, -0.15) is 0 Å². The van der Waals surface area contributed by atoms with Crippen LogP contribution in [0, 0.1) is 0 Å². The van der Waals surface area contributed by atoms with E-state index in [0.717, 1.165) is 5.82 Å². The fraction of sp³-hybridized carbons (Fsp3) is 0.143. The summed E-state index contributed by atoms with van der Waals surface area (Å²) in [5.41, 5.74) is 2.37. The Morgan fingerprint density at radius 1 is 1.07 bits per heavy atom. The molecule has 0 fully saturated rings. The van der Waals surface area contributed by atoms with Crippen LogP contribution < -0.4 is 19.7 Å². The minimum absolute atomic E-state index is 0.203. The third-order valence-corrected chi connectivity index (χ3v) is 4.29. The van der Waals surface area contributed by atoms with Crippen LogP contribution in [0.4, 0.5) is 11.5 Å². The van der Waals surface area contributed by atoms with Gasteiger partial charge in [-0.25, -0.2) is 4.98 Å². The van der Waals surface area contributed by atoms with Crippen molar-refractivity contribution in [2.24, 2.45) is 0 Å². The maximum absolute atomic E-state index is 12.6. The molecule has 4 rings (SSSR count). The lowest BCUT2D eigenvalue weighted by molar-refractivity contribution is 0.102. The molecule has 1 aromatic heterocycles. The van der Waals surface area contributed by atoms with E-state index in [9.17, 15) is 4.79 Å². The molecule has 0 spiro atoms. The minimum atomic E-state index is -0.203. The molecule has 1 aliphatic rings. The van der Waals surface area contributed by atoms with E-state index >= 15 is 0 Å². The number of rotatable bonds is 5. The maximum atomic E-state index is 12.6. The van der Waals surface area contributed by atoms with E-state index in [1.807, 2.05) is 30.1 Å². The lowest BCUT2D eigenvalue weighted by Crippen LogP contribution is -2.19. The first-order valence-corrected chi connectivity index (χ1v) is 8.61. The van der Waals surface area contributed by atoms with Crippen LogP contribution in [0.5, 0.6) is 11.5 Å². The van der Waals surface area contributed by atoms with Crippen molar-refractivity contribution in [1.29, 1.82) is 0 Å². The molecule has 6 nitrogen and oxygen atoms in total. The van der Waals surface area contributed by atoms with Crippen LogP contribution in [0.15, 0.2) is 66.9 Å². The zero-order chi connectivity index (χ0) is 18.6. The van der Waals surface area contributed by atoms with Crippen molar-refractivity contribution in [3.63, 3.8) is 0 Å². The number of fused-ring (bicyclic) bond motifs is 1. The Morgan fingerprint density at radius 3 is 2.74 bits per heavy atom. The number of carbonyl (C=O) groups excluding carboxylic acids is 1. The monoisotopic (exact) mass is 361 g/mol. The van der Waals surface area contributed by atoms with E-state index in [1.165, 1.54) is 5.56 Å². The Kier molecular flexibility index (Phi) is 4.61. The lowest BCUT2D eigenvalue weighted by atomic mass is 10.2. The van der Waals surface area contributed by atoms with Crippen LogP contribution in [0.25, 0.3) is 0 Å². The van der Waals surface area contributed by atoms with E-state index in [4.69, 9.17) is 9.47 Å². The van der Waals surface area contributed by atoms with Gasteiger partial charge in [0.2, 0.25) is 6.79 Å². The topological polar surface area (TPSA) is 63.7 Å². The van der Waals surface area contributed by atoms with Crippen molar-refractivity contribution in [1.82, 2.24) is 4.98 Å². The zero-order valence-electron chi connectivity index (χ0n) is 14.9. The third kappa shape index (κ3) is 3.84. The molecule has 136 valence electrons. The predicted octanol–water partition coefficient (Wildman–Crippen LogP) is 3.70. The molecule has 0 aliphatic carbocycles.